The molecule has 3 N–H and O–H groups in total. The lowest BCUT2D eigenvalue weighted by atomic mass is 9.86. The number of aliphatic hydroxyl groups is 1. The third kappa shape index (κ3) is 3.72. The molecule has 0 bridgehead atoms. The summed E-state index contributed by atoms with van der Waals surface area (Å²) in [5.74, 6) is -0.253. The van der Waals surface area contributed by atoms with Crippen LogP contribution in [0.5, 0.6) is 0 Å². The Bertz CT molecular complexity index is 879. The molecule has 1 atom stereocenters. The summed E-state index contributed by atoms with van der Waals surface area (Å²) < 4.78 is 0. The smallest absolute Gasteiger partial charge is 0.268 e. The molecule has 130 valence electrons. The van der Waals surface area contributed by atoms with Crippen molar-refractivity contribution in [2.24, 2.45) is 0 Å². The van der Waals surface area contributed by atoms with E-state index in [1.54, 1.807) is 18.5 Å². The highest BCUT2D eigenvalue weighted by Crippen LogP contribution is 2.26. The van der Waals surface area contributed by atoms with Gasteiger partial charge in [0.1, 0.15) is 5.69 Å². The van der Waals surface area contributed by atoms with E-state index in [0.29, 0.717) is 5.69 Å². The fraction of sp³-hybridized carbons (Fsp3) is 0.300. The van der Waals surface area contributed by atoms with Crippen molar-refractivity contribution < 1.29 is 9.90 Å². The molecule has 0 saturated carbocycles. The number of aromatic amines is 1. The fourth-order valence-corrected chi connectivity index (χ4v) is 2.77. The summed E-state index contributed by atoms with van der Waals surface area (Å²) in [7, 11) is 0. The maximum Gasteiger partial charge on any atom is 0.268 e. The molecule has 0 saturated heterocycles. The van der Waals surface area contributed by atoms with Crippen molar-refractivity contribution in [3.05, 3.63) is 65.6 Å². The van der Waals surface area contributed by atoms with E-state index < -0.39 is 6.04 Å². The Kier molecular flexibility index (Phi) is 4.59. The highest BCUT2D eigenvalue weighted by Gasteiger charge is 2.18. The van der Waals surface area contributed by atoms with Crippen molar-refractivity contribution in [2.75, 3.05) is 6.61 Å². The Morgan fingerprint density at radius 3 is 2.72 bits per heavy atom. The molecule has 0 fully saturated rings. The number of nitrogens with one attached hydrogen (secondary N) is 2. The van der Waals surface area contributed by atoms with E-state index in [4.69, 9.17) is 0 Å². The number of hydrogen-bond acceptors (Lipinski definition) is 3. The Morgan fingerprint density at radius 1 is 1.28 bits per heavy atom. The van der Waals surface area contributed by atoms with Crippen LogP contribution in [0, 0.1) is 0 Å². The lowest BCUT2D eigenvalue weighted by Gasteiger charge is -2.18. The number of nitrogens with zero attached hydrogens (tertiary/aromatic N) is 1. The van der Waals surface area contributed by atoms with Gasteiger partial charge in [-0.15, -0.1) is 0 Å². The van der Waals surface area contributed by atoms with Gasteiger partial charge in [-0.05, 0) is 40.8 Å². The zero-order chi connectivity index (χ0) is 18.0. The summed E-state index contributed by atoms with van der Waals surface area (Å²) in [6.07, 6.45) is 3.30. The largest absolute Gasteiger partial charge is 0.394 e. The topological polar surface area (TPSA) is 78.0 Å². The molecule has 3 rings (SSSR count). The van der Waals surface area contributed by atoms with Crippen LogP contribution in [0.3, 0.4) is 0 Å². The van der Waals surface area contributed by atoms with Crippen molar-refractivity contribution in [3.8, 4) is 0 Å². The predicted octanol–water partition coefficient (Wildman–Crippen LogP) is 3.32. The van der Waals surface area contributed by atoms with E-state index in [-0.39, 0.29) is 17.9 Å². The molecule has 0 spiro atoms. The number of aliphatic hydroxyl groups excluding tert-OH is 1. The standard InChI is InChI=1S/C20H23N3O2/c1-20(2,3)15-6-7-16-14(9-15)10-17(22-16)19(25)23-18(12-24)13-5-4-8-21-11-13/h4-11,18,22,24H,12H2,1-3H3,(H,23,25). The normalized spacial score (nSPS) is 13.0. The van der Waals surface area contributed by atoms with Gasteiger partial charge in [-0.1, -0.05) is 32.9 Å². The van der Waals surface area contributed by atoms with E-state index in [2.05, 4.69) is 48.2 Å². The molecular weight excluding hydrogens is 314 g/mol. The second-order valence-corrected chi connectivity index (χ2v) is 7.23. The van der Waals surface area contributed by atoms with Gasteiger partial charge in [0.2, 0.25) is 0 Å². The number of amides is 1. The molecule has 0 aliphatic carbocycles. The molecule has 1 unspecified atom stereocenters. The number of benzene rings is 1. The first-order valence-electron chi connectivity index (χ1n) is 8.33. The minimum Gasteiger partial charge on any atom is -0.394 e. The summed E-state index contributed by atoms with van der Waals surface area (Å²) in [6, 6.07) is 11.1. The van der Waals surface area contributed by atoms with E-state index in [1.165, 1.54) is 5.56 Å². The minimum absolute atomic E-state index is 0.0518. The van der Waals surface area contributed by atoms with Crippen LogP contribution < -0.4 is 5.32 Å². The average molecular weight is 337 g/mol. The molecule has 0 radical (unpaired) electrons. The third-order valence-electron chi connectivity index (χ3n) is 4.31. The third-order valence-corrected chi connectivity index (χ3v) is 4.31. The highest BCUT2D eigenvalue weighted by atomic mass is 16.3. The van der Waals surface area contributed by atoms with Gasteiger partial charge in [-0.2, -0.15) is 0 Å². The summed E-state index contributed by atoms with van der Waals surface area (Å²) >= 11 is 0. The van der Waals surface area contributed by atoms with Crippen molar-refractivity contribution >= 4 is 16.8 Å². The molecule has 25 heavy (non-hydrogen) atoms. The number of rotatable bonds is 4. The molecule has 3 aromatic rings. The van der Waals surface area contributed by atoms with Crippen molar-refractivity contribution in [2.45, 2.75) is 32.2 Å². The van der Waals surface area contributed by atoms with Gasteiger partial charge in [0.25, 0.3) is 5.91 Å². The summed E-state index contributed by atoms with van der Waals surface area (Å²) in [4.78, 5) is 19.7. The van der Waals surface area contributed by atoms with Gasteiger partial charge in [0.05, 0.1) is 12.6 Å². The van der Waals surface area contributed by atoms with Gasteiger partial charge in [-0.3, -0.25) is 9.78 Å². The summed E-state index contributed by atoms with van der Waals surface area (Å²) in [6.45, 7) is 6.29. The Hall–Kier alpha value is -2.66. The first kappa shape index (κ1) is 17.2. The maximum absolute atomic E-state index is 12.6. The van der Waals surface area contributed by atoms with Gasteiger partial charge < -0.3 is 15.4 Å². The number of fused-ring (bicyclic) bond motifs is 1. The fourth-order valence-electron chi connectivity index (χ4n) is 2.77. The molecular formula is C20H23N3O2. The number of H-pyrrole nitrogens is 1. The van der Waals surface area contributed by atoms with Crippen LogP contribution in [0.4, 0.5) is 0 Å². The first-order chi connectivity index (χ1) is 11.9. The maximum atomic E-state index is 12.6. The first-order valence-corrected chi connectivity index (χ1v) is 8.33. The van der Waals surface area contributed by atoms with Gasteiger partial charge in [0, 0.05) is 23.3 Å². The summed E-state index contributed by atoms with van der Waals surface area (Å²) in [5, 5.41) is 13.4. The van der Waals surface area contributed by atoms with E-state index in [1.807, 2.05) is 18.2 Å². The molecule has 1 amide bonds. The lowest BCUT2D eigenvalue weighted by molar-refractivity contribution is 0.0912. The number of aromatic nitrogens is 2. The Morgan fingerprint density at radius 2 is 2.08 bits per heavy atom. The van der Waals surface area contributed by atoms with Crippen molar-refractivity contribution in [1.29, 1.82) is 0 Å². The molecule has 2 heterocycles. The van der Waals surface area contributed by atoms with Crippen LogP contribution in [0.25, 0.3) is 10.9 Å². The molecule has 2 aromatic heterocycles. The van der Waals surface area contributed by atoms with Crippen LogP contribution in [0.2, 0.25) is 0 Å². The monoisotopic (exact) mass is 337 g/mol. The zero-order valence-corrected chi connectivity index (χ0v) is 14.7. The van der Waals surface area contributed by atoms with Crippen LogP contribution in [-0.4, -0.2) is 27.6 Å². The Balaban J connectivity index is 1.84. The molecule has 1 aromatic carbocycles. The van der Waals surface area contributed by atoms with E-state index in [9.17, 15) is 9.90 Å². The van der Waals surface area contributed by atoms with Crippen LogP contribution in [0.1, 0.15) is 48.4 Å². The number of carbonyl (C=O) groups is 1. The number of hydrogen-bond donors (Lipinski definition) is 3. The van der Waals surface area contributed by atoms with E-state index >= 15 is 0 Å². The quantitative estimate of drug-likeness (QED) is 0.683. The molecule has 0 aliphatic rings. The predicted molar refractivity (Wildman–Crippen MR) is 98.5 cm³/mol. The van der Waals surface area contributed by atoms with E-state index in [0.717, 1.165) is 16.5 Å². The highest BCUT2D eigenvalue weighted by molar-refractivity contribution is 5.98. The second-order valence-electron chi connectivity index (χ2n) is 7.23. The van der Waals surface area contributed by atoms with Crippen LogP contribution >= 0.6 is 0 Å². The van der Waals surface area contributed by atoms with Crippen molar-refractivity contribution in [3.63, 3.8) is 0 Å². The van der Waals surface area contributed by atoms with Gasteiger partial charge >= 0.3 is 0 Å². The summed E-state index contributed by atoms with van der Waals surface area (Å²) in [5.41, 5.74) is 3.43. The molecule has 5 nitrogen and oxygen atoms in total. The molecule has 5 heteroatoms. The SMILES string of the molecule is CC(C)(C)c1ccc2[nH]c(C(=O)NC(CO)c3cccnc3)cc2c1. The van der Waals surface area contributed by atoms with Gasteiger partial charge in [-0.25, -0.2) is 0 Å². The lowest BCUT2D eigenvalue weighted by Crippen LogP contribution is -2.31. The average Bonchev–Trinajstić information content (AvgIpc) is 3.03. The van der Waals surface area contributed by atoms with Crippen LogP contribution in [-0.2, 0) is 5.41 Å². The number of pyridine rings is 1. The minimum atomic E-state index is -0.488. The van der Waals surface area contributed by atoms with Crippen LogP contribution in [0.15, 0.2) is 48.8 Å². The second kappa shape index (κ2) is 6.69. The Labute approximate surface area is 147 Å². The van der Waals surface area contributed by atoms with Crippen molar-refractivity contribution in [1.82, 2.24) is 15.3 Å². The van der Waals surface area contributed by atoms with Gasteiger partial charge in [0.15, 0.2) is 0 Å². The zero-order valence-electron chi connectivity index (χ0n) is 14.7. The molecule has 0 aliphatic heterocycles. The number of carbonyl (C=O) groups excluding carboxylic acids is 1.